The van der Waals surface area contributed by atoms with Crippen molar-refractivity contribution in [1.29, 1.82) is 0 Å². The van der Waals surface area contributed by atoms with Gasteiger partial charge in [0, 0.05) is 6.21 Å². The molecular weight excluding hydrogens is 350 g/mol. The van der Waals surface area contributed by atoms with Crippen molar-refractivity contribution in [3.63, 3.8) is 0 Å². The van der Waals surface area contributed by atoms with Gasteiger partial charge in [0.05, 0.1) is 28.4 Å². The van der Waals surface area contributed by atoms with Crippen LogP contribution in [0.2, 0.25) is 0 Å². The molecule has 3 N–H and O–H groups in total. The number of hydrogen-bond acceptors (Lipinski definition) is 7. The van der Waals surface area contributed by atoms with Crippen molar-refractivity contribution in [1.82, 2.24) is 21.0 Å². The molecule has 2 heterocycles. The summed E-state index contributed by atoms with van der Waals surface area (Å²) in [7, 11) is 0. The second kappa shape index (κ2) is 7.41. The molecule has 1 aromatic heterocycles. The molecule has 1 aliphatic rings. The number of thiazole rings is 1. The summed E-state index contributed by atoms with van der Waals surface area (Å²) < 4.78 is 1.89. The van der Waals surface area contributed by atoms with E-state index in [4.69, 9.17) is 0 Å². The molecule has 1 fully saturated rings. The number of carbonyl (C=O) groups is 3. The number of rotatable bonds is 5. The first kappa shape index (κ1) is 16.4. The summed E-state index contributed by atoms with van der Waals surface area (Å²) in [4.78, 5) is 38.5. The smallest absolute Gasteiger partial charge is 0.321 e. The number of imide groups is 1. The molecule has 1 unspecified atom stereocenters. The van der Waals surface area contributed by atoms with Gasteiger partial charge < -0.3 is 5.32 Å². The van der Waals surface area contributed by atoms with Crippen LogP contribution in [0.5, 0.6) is 0 Å². The second-order valence-corrected chi connectivity index (χ2v) is 7.13. The predicted molar refractivity (Wildman–Crippen MR) is 92.1 cm³/mol. The molecule has 1 atom stereocenters. The van der Waals surface area contributed by atoms with Gasteiger partial charge in [-0.3, -0.25) is 14.9 Å². The molecule has 1 saturated heterocycles. The van der Waals surface area contributed by atoms with Crippen LogP contribution in [-0.4, -0.2) is 40.8 Å². The SMILES string of the molecule is O=C(CSc1nc2ccccc2s1)N/N=C\C1CC(=O)NC(=O)N1. The monoisotopic (exact) mass is 363 g/mol. The number of benzene rings is 1. The van der Waals surface area contributed by atoms with E-state index in [2.05, 4.69) is 26.1 Å². The Bertz CT molecular complexity index is 771. The number of nitrogens with zero attached hydrogens (tertiary/aromatic N) is 2. The van der Waals surface area contributed by atoms with Crippen LogP contribution in [0.15, 0.2) is 33.7 Å². The predicted octanol–water partition coefficient (Wildman–Crippen LogP) is 1.09. The third-order valence-electron chi connectivity index (χ3n) is 3.02. The minimum atomic E-state index is -0.569. The van der Waals surface area contributed by atoms with Gasteiger partial charge in [0.25, 0.3) is 0 Å². The molecule has 3 rings (SSSR count). The number of thioether (sulfide) groups is 1. The van der Waals surface area contributed by atoms with Crippen molar-refractivity contribution < 1.29 is 14.4 Å². The average Bonchev–Trinajstić information content (AvgIpc) is 2.95. The maximum Gasteiger partial charge on any atom is 0.321 e. The van der Waals surface area contributed by atoms with E-state index in [1.807, 2.05) is 24.3 Å². The van der Waals surface area contributed by atoms with Gasteiger partial charge in [0.2, 0.25) is 11.8 Å². The summed E-state index contributed by atoms with van der Waals surface area (Å²) in [6.07, 6.45) is 1.42. The Morgan fingerprint density at radius 3 is 3.08 bits per heavy atom. The third-order valence-corrected chi connectivity index (χ3v) is 5.20. The Kier molecular flexibility index (Phi) is 5.06. The van der Waals surface area contributed by atoms with E-state index < -0.39 is 12.1 Å². The van der Waals surface area contributed by atoms with Crippen LogP contribution in [0.1, 0.15) is 6.42 Å². The van der Waals surface area contributed by atoms with Crippen LogP contribution in [0, 0.1) is 0 Å². The number of carbonyl (C=O) groups excluding carboxylic acids is 3. The number of nitrogens with one attached hydrogen (secondary N) is 3. The molecule has 24 heavy (non-hydrogen) atoms. The molecule has 2 aromatic rings. The zero-order valence-electron chi connectivity index (χ0n) is 12.3. The highest BCUT2D eigenvalue weighted by Gasteiger charge is 2.22. The van der Waals surface area contributed by atoms with E-state index in [1.165, 1.54) is 29.3 Å². The van der Waals surface area contributed by atoms with Gasteiger partial charge in [-0.05, 0) is 12.1 Å². The van der Waals surface area contributed by atoms with Crippen molar-refractivity contribution >= 4 is 57.4 Å². The van der Waals surface area contributed by atoms with Gasteiger partial charge in [0.15, 0.2) is 4.34 Å². The van der Waals surface area contributed by atoms with Crippen molar-refractivity contribution in [3.8, 4) is 0 Å². The minimum absolute atomic E-state index is 0.0889. The number of urea groups is 1. The Morgan fingerprint density at radius 2 is 2.29 bits per heavy atom. The van der Waals surface area contributed by atoms with Gasteiger partial charge in [-0.2, -0.15) is 5.10 Å². The van der Waals surface area contributed by atoms with Crippen molar-refractivity contribution in [2.45, 2.75) is 16.8 Å². The molecule has 0 radical (unpaired) electrons. The van der Waals surface area contributed by atoms with Crippen molar-refractivity contribution in [2.24, 2.45) is 5.10 Å². The van der Waals surface area contributed by atoms with Crippen LogP contribution < -0.4 is 16.1 Å². The van der Waals surface area contributed by atoms with Crippen LogP contribution >= 0.6 is 23.1 Å². The highest BCUT2D eigenvalue weighted by atomic mass is 32.2. The minimum Gasteiger partial charge on any atom is -0.329 e. The zero-order valence-corrected chi connectivity index (χ0v) is 13.9. The number of amides is 4. The fraction of sp³-hybridized carbons (Fsp3) is 0.214. The standard InChI is InChI=1S/C14H13N5O3S2/c20-11-5-8(16-13(22)18-11)6-15-19-12(21)7-23-14-17-9-3-1-2-4-10(9)24-14/h1-4,6,8H,5,7H2,(H,19,21)(H2,16,18,20,22)/b15-6-. The van der Waals surface area contributed by atoms with Gasteiger partial charge in [-0.15, -0.1) is 11.3 Å². The largest absolute Gasteiger partial charge is 0.329 e. The molecule has 124 valence electrons. The van der Waals surface area contributed by atoms with Crippen molar-refractivity contribution in [3.05, 3.63) is 24.3 Å². The summed E-state index contributed by atoms with van der Waals surface area (Å²) in [6, 6.07) is 6.68. The van der Waals surface area contributed by atoms with Crippen LogP contribution in [-0.2, 0) is 9.59 Å². The molecule has 0 aliphatic carbocycles. The highest BCUT2D eigenvalue weighted by molar-refractivity contribution is 8.01. The van der Waals surface area contributed by atoms with E-state index in [-0.39, 0.29) is 24.0 Å². The van der Waals surface area contributed by atoms with Crippen molar-refractivity contribution in [2.75, 3.05) is 5.75 Å². The average molecular weight is 363 g/mol. The first-order chi connectivity index (χ1) is 11.6. The number of hydrazone groups is 1. The van der Waals surface area contributed by atoms with Gasteiger partial charge in [-0.25, -0.2) is 15.2 Å². The molecular formula is C14H13N5O3S2. The summed E-state index contributed by atoms with van der Waals surface area (Å²) >= 11 is 2.86. The topological polar surface area (TPSA) is 113 Å². The fourth-order valence-corrected chi connectivity index (χ4v) is 3.86. The maximum atomic E-state index is 11.8. The van der Waals surface area contributed by atoms with E-state index in [1.54, 1.807) is 0 Å². The van der Waals surface area contributed by atoms with Crippen LogP contribution in [0.3, 0.4) is 0 Å². The van der Waals surface area contributed by atoms with Crippen LogP contribution in [0.25, 0.3) is 10.2 Å². The van der Waals surface area contributed by atoms with E-state index in [0.717, 1.165) is 14.6 Å². The molecule has 0 saturated carbocycles. The third kappa shape index (κ3) is 4.30. The fourth-order valence-electron chi connectivity index (χ4n) is 1.99. The molecule has 0 spiro atoms. The van der Waals surface area contributed by atoms with Gasteiger partial charge in [0.1, 0.15) is 0 Å². The van der Waals surface area contributed by atoms with E-state index in [0.29, 0.717) is 0 Å². The molecule has 8 nitrogen and oxygen atoms in total. The lowest BCUT2D eigenvalue weighted by atomic mass is 10.2. The Hall–Kier alpha value is -2.46. The van der Waals surface area contributed by atoms with Crippen LogP contribution in [0.4, 0.5) is 4.79 Å². The summed E-state index contributed by atoms with van der Waals surface area (Å²) in [6.45, 7) is 0. The lowest BCUT2D eigenvalue weighted by molar-refractivity contribution is -0.121. The number of hydrogen-bond donors (Lipinski definition) is 3. The lowest BCUT2D eigenvalue weighted by Gasteiger charge is -2.19. The Labute approximate surface area is 145 Å². The first-order valence-electron chi connectivity index (χ1n) is 7.01. The lowest BCUT2D eigenvalue weighted by Crippen LogP contribution is -2.52. The molecule has 1 aromatic carbocycles. The van der Waals surface area contributed by atoms with E-state index >= 15 is 0 Å². The Balaban J connectivity index is 1.46. The summed E-state index contributed by atoms with van der Waals surface area (Å²) in [5.74, 6) is -0.496. The molecule has 0 bridgehead atoms. The van der Waals surface area contributed by atoms with E-state index in [9.17, 15) is 14.4 Å². The molecule has 10 heteroatoms. The zero-order chi connectivity index (χ0) is 16.9. The normalized spacial score (nSPS) is 17.8. The van der Waals surface area contributed by atoms with Gasteiger partial charge in [-0.1, -0.05) is 23.9 Å². The quantitative estimate of drug-likeness (QED) is 0.418. The maximum absolute atomic E-state index is 11.8. The molecule has 4 amide bonds. The second-order valence-electron chi connectivity index (χ2n) is 4.88. The first-order valence-corrected chi connectivity index (χ1v) is 8.81. The number of fused-ring (bicyclic) bond motifs is 1. The molecule has 1 aliphatic heterocycles. The number of para-hydroxylation sites is 1. The summed E-state index contributed by atoms with van der Waals surface area (Å²) in [5.41, 5.74) is 3.28. The Morgan fingerprint density at radius 1 is 1.46 bits per heavy atom. The summed E-state index contributed by atoms with van der Waals surface area (Å²) in [5, 5.41) is 8.39. The number of aromatic nitrogens is 1. The van der Waals surface area contributed by atoms with Gasteiger partial charge >= 0.3 is 6.03 Å². The highest BCUT2D eigenvalue weighted by Crippen LogP contribution is 2.28.